The molecule has 6 nitrogen and oxygen atoms in total. The van der Waals surface area contributed by atoms with Crippen LogP contribution in [0.3, 0.4) is 0 Å². The molecule has 0 aliphatic rings. The van der Waals surface area contributed by atoms with Crippen LogP contribution in [-0.4, -0.2) is 31.7 Å². The van der Waals surface area contributed by atoms with Crippen LogP contribution in [0.5, 0.6) is 0 Å². The molecule has 124 valence electrons. The van der Waals surface area contributed by atoms with Crippen molar-refractivity contribution in [1.29, 1.82) is 0 Å². The van der Waals surface area contributed by atoms with E-state index in [4.69, 9.17) is 4.42 Å². The van der Waals surface area contributed by atoms with Crippen LogP contribution in [-0.2, 0) is 16.6 Å². The highest BCUT2D eigenvalue weighted by Gasteiger charge is 2.23. The SMILES string of the molecule is CC(C)N(C)S(=O)(=O)c1ccc(C(=O)NCc2ccco2)cc1. The number of sulfonamides is 1. The number of benzene rings is 1. The van der Waals surface area contributed by atoms with Crippen molar-refractivity contribution in [2.75, 3.05) is 7.05 Å². The lowest BCUT2D eigenvalue weighted by Gasteiger charge is -2.21. The topological polar surface area (TPSA) is 79.6 Å². The Morgan fingerprint density at radius 3 is 2.39 bits per heavy atom. The second kappa shape index (κ2) is 6.97. The standard InChI is InChI=1S/C16H20N2O4S/c1-12(2)18(3)23(20,21)15-8-6-13(7-9-15)16(19)17-11-14-5-4-10-22-14/h4-10,12H,11H2,1-3H3,(H,17,19). The Kier molecular flexibility index (Phi) is 5.23. The van der Waals surface area contributed by atoms with E-state index in [2.05, 4.69) is 5.32 Å². The van der Waals surface area contributed by atoms with Gasteiger partial charge in [-0.25, -0.2) is 8.42 Å². The van der Waals surface area contributed by atoms with E-state index in [1.807, 2.05) is 0 Å². The summed E-state index contributed by atoms with van der Waals surface area (Å²) in [5, 5.41) is 2.71. The minimum atomic E-state index is -3.54. The summed E-state index contributed by atoms with van der Waals surface area (Å²) in [6.45, 7) is 3.88. The van der Waals surface area contributed by atoms with Crippen molar-refractivity contribution >= 4 is 15.9 Å². The van der Waals surface area contributed by atoms with Gasteiger partial charge >= 0.3 is 0 Å². The smallest absolute Gasteiger partial charge is 0.251 e. The number of hydrogen-bond donors (Lipinski definition) is 1. The molecule has 2 aromatic rings. The summed E-state index contributed by atoms with van der Waals surface area (Å²) >= 11 is 0. The predicted molar refractivity (Wildman–Crippen MR) is 86.4 cm³/mol. The van der Waals surface area contributed by atoms with Crippen LogP contribution >= 0.6 is 0 Å². The molecule has 2 rings (SSSR count). The van der Waals surface area contributed by atoms with Gasteiger partial charge in [0.25, 0.3) is 5.91 Å². The van der Waals surface area contributed by atoms with Crippen molar-refractivity contribution < 1.29 is 17.6 Å². The summed E-state index contributed by atoms with van der Waals surface area (Å²) in [6, 6.07) is 9.24. The largest absolute Gasteiger partial charge is 0.467 e. The molecule has 0 radical (unpaired) electrons. The van der Waals surface area contributed by atoms with Crippen LogP contribution in [0.2, 0.25) is 0 Å². The molecule has 0 aliphatic carbocycles. The third-order valence-corrected chi connectivity index (χ3v) is 5.57. The Morgan fingerprint density at radius 2 is 1.87 bits per heavy atom. The molecule has 1 aromatic carbocycles. The van der Waals surface area contributed by atoms with Gasteiger partial charge in [-0.1, -0.05) is 0 Å². The van der Waals surface area contributed by atoms with Gasteiger partial charge in [0, 0.05) is 18.7 Å². The van der Waals surface area contributed by atoms with E-state index in [9.17, 15) is 13.2 Å². The van der Waals surface area contributed by atoms with Crippen molar-refractivity contribution in [1.82, 2.24) is 9.62 Å². The first-order chi connectivity index (χ1) is 10.8. The van der Waals surface area contributed by atoms with Gasteiger partial charge in [0.1, 0.15) is 5.76 Å². The van der Waals surface area contributed by atoms with Crippen LogP contribution in [0.1, 0.15) is 30.0 Å². The molecule has 0 spiro atoms. The molecule has 0 aliphatic heterocycles. The lowest BCUT2D eigenvalue weighted by Crippen LogP contribution is -2.33. The number of hydrogen-bond acceptors (Lipinski definition) is 4. The number of furan rings is 1. The average molecular weight is 336 g/mol. The van der Waals surface area contributed by atoms with E-state index in [1.54, 1.807) is 26.0 Å². The van der Waals surface area contributed by atoms with Gasteiger partial charge in [0.05, 0.1) is 17.7 Å². The zero-order valence-corrected chi connectivity index (χ0v) is 14.1. The lowest BCUT2D eigenvalue weighted by atomic mass is 10.2. The molecule has 0 atom stereocenters. The molecule has 1 heterocycles. The molecular formula is C16H20N2O4S. The Hall–Kier alpha value is -2.12. The monoisotopic (exact) mass is 336 g/mol. The molecule has 0 fully saturated rings. The van der Waals surface area contributed by atoms with Crippen molar-refractivity contribution in [2.45, 2.75) is 31.3 Å². The second-order valence-corrected chi connectivity index (χ2v) is 7.40. The fourth-order valence-corrected chi connectivity index (χ4v) is 3.27. The van der Waals surface area contributed by atoms with Gasteiger partial charge in [-0.2, -0.15) is 4.31 Å². The van der Waals surface area contributed by atoms with Gasteiger partial charge in [-0.3, -0.25) is 4.79 Å². The van der Waals surface area contributed by atoms with Gasteiger partial charge in [0.2, 0.25) is 10.0 Å². The van der Waals surface area contributed by atoms with Crippen LogP contribution in [0, 0.1) is 0 Å². The zero-order chi connectivity index (χ0) is 17.0. The average Bonchev–Trinajstić information content (AvgIpc) is 3.05. The Morgan fingerprint density at radius 1 is 1.22 bits per heavy atom. The molecule has 7 heteroatoms. The first-order valence-corrected chi connectivity index (χ1v) is 8.65. The van der Waals surface area contributed by atoms with E-state index in [-0.39, 0.29) is 23.4 Å². The van der Waals surface area contributed by atoms with Gasteiger partial charge < -0.3 is 9.73 Å². The van der Waals surface area contributed by atoms with E-state index < -0.39 is 10.0 Å². The van der Waals surface area contributed by atoms with Gasteiger partial charge in [-0.05, 0) is 50.2 Å². The van der Waals surface area contributed by atoms with Crippen molar-refractivity contribution in [2.24, 2.45) is 0 Å². The minimum absolute atomic E-state index is 0.142. The minimum Gasteiger partial charge on any atom is -0.467 e. The molecule has 23 heavy (non-hydrogen) atoms. The Bertz CT molecular complexity index is 750. The summed E-state index contributed by atoms with van der Waals surface area (Å²) in [4.78, 5) is 12.2. The molecule has 0 bridgehead atoms. The first kappa shape index (κ1) is 17.2. The third kappa shape index (κ3) is 4.00. The van der Waals surface area contributed by atoms with E-state index >= 15 is 0 Å². The highest BCUT2D eigenvalue weighted by atomic mass is 32.2. The number of nitrogens with zero attached hydrogens (tertiary/aromatic N) is 1. The molecule has 0 saturated carbocycles. The van der Waals surface area contributed by atoms with Crippen LogP contribution in [0.4, 0.5) is 0 Å². The molecule has 1 amide bonds. The second-order valence-electron chi connectivity index (χ2n) is 5.40. The maximum atomic E-state index is 12.3. The molecular weight excluding hydrogens is 316 g/mol. The van der Waals surface area contributed by atoms with E-state index in [0.717, 1.165) is 0 Å². The Labute approximate surface area is 136 Å². The van der Waals surface area contributed by atoms with Crippen LogP contribution in [0.25, 0.3) is 0 Å². The molecule has 1 aromatic heterocycles. The normalized spacial score (nSPS) is 11.9. The number of carbonyl (C=O) groups is 1. The highest BCUT2D eigenvalue weighted by molar-refractivity contribution is 7.89. The number of carbonyl (C=O) groups excluding carboxylic acids is 1. The summed E-state index contributed by atoms with van der Waals surface area (Å²) in [7, 11) is -2.01. The number of nitrogens with one attached hydrogen (secondary N) is 1. The van der Waals surface area contributed by atoms with Crippen molar-refractivity contribution in [3.63, 3.8) is 0 Å². The number of amides is 1. The van der Waals surface area contributed by atoms with Gasteiger partial charge in [-0.15, -0.1) is 0 Å². The van der Waals surface area contributed by atoms with Crippen LogP contribution < -0.4 is 5.32 Å². The maximum Gasteiger partial charge on any atom is 0.251 e. The molecule has 1 N–H and O–H groups in total. The third-order valence-electron chi connectivity index (χ3n) is 3.52. The first-order valence-electron chi connectivity index (χ1n) is 7.21. The van der Waals surface area contributed by atoms with Crippen molar-refractivity contribution in [3.05, 3.63) is 54.0 Å². The predicted octanol–water partition coefficient (Wildman–Crippen LogP) is 2.24. The van der Waals surface area contributed by atoms with Crippen molar-refractivity contribution in [3.8, 4) is 0 Å². The van der Waals surface area contributed by atoms with Gasteiger partial charge in [0.15, 0.2) is 0 Å². The summed E-state index contributed by atoms with van der Waals surface area (Å²) in [5.41, 5.74) is 0.391. The fourth-order valence-electron chi connectivity index (χ4n) is 1.90. The lowest BCUT2D eigenvalue weighted by molar-refractivity contribution is 0.0948. The zero-order valence-electron chi connectivity index (χ0n) is 13.3. The van der Waals surface area contributed by atoms with E-state index in [1.165, 1.54) is 41.9 Å². The van der Waals surface area contributed by atoms with E-state index in [0.29, 0.717) is 11.3 Å². The molecule has 0 saturated heterocycles. The maximum absolute atomic E-state index is 12.3. The van der Waals surface area contributed by atoms with Crippen LogP contribution in [0.15, 0.2) is 52.0 Å². The number of rotatable bonds is 6. The summed E-state index contributed by atoms with van der Waals surface area (Å²) < 4.78 is 31.1. The highest BCUT2D eigenvalue weighted by Crippen LogP contribution is 2.17. The Balaban J connectivity index is 2.08. The summed E-state index contributed by atoms with van der Waals surface area (Å²) in [6.07, 6.45) is 1.53. The summed E-state index contributed by atoms with van der Waals surface area (Å²) in [5.74, 6) is 0.360. The molecule has 0 unspecified atom stereocenters. The quantitative estimate of drug-likeness (QED) is 0.877. The fraction of sp³-hybridized carbons (Fsp3) is 0.312.